The molecule has 0 aliphatic heterocycles. The molecule has 0 radical (unpaired) electrons. The summed E-state index contributed by atoms with van der Waals surface area (Å²) in [5, 5.41) is 2.84. The first-order chi connectivity index (χ1) is 6.11. The van der Waals surface area contributed by atoms with E-state index in [4.69, 9.17) is 4.74 Å². The Morgan fingerprint density at radius 1 is 1.33 bits per heavy atom. The van der Waals surface area contributed by atoms with E-state index in [1.54, 1.807) is 14.0 Å². The quantitative estimate of drug-likeness (QED) is 0.692. The lowest BCUT2D eigenvalue weighted by atomic mass is 10.1. The Bertz CT molecular complexity index is 181. The van der Waals surface area contributed by atoms with Crippen molar-refractivity contribution in [1.29, 1.82) is 0 Å². The average molecular weight is 219 g/mol. The highest BCUT2D eigenvalue weighted by atomic mass is 16.5. The Labute approximate surface area is 93.4 Å². The van der Waals surface area contributed by atoms with Crippen molar-refractivity contribution in [2.24, 2.45) is 0 Å². The molecule has 0 aromatic rings. The van der Waals surface area contributed by atoms with Crippen molar-refractivity contribution < 1.29 is 14.3 Å². The van der Waals surface area contributed by atoms with E-state index in [0.29, 0.717) is 19.4 Å². The van der Waals surface area contributed by atoms with Crippen LogP contribution in [0.3, 0.4) is 0 Å². The van der Waals surface area contributed by atoms with E-state index in [0.717, 1.165) is 0 Å². The number of carbonyl (C=O) groups excluding carboxylic acids is 2. The van der Waals surface area contributed by atoms with Gasteiger partial charge in [-0.15, -0.1) is 0 Å². The number of hydrogen-bond acceptors (Lipinski definition) is 4. The number of carbonyl (C=O) groups is 2. The van der Waals surface area contributed by atoms with Crippen LogP contribution in [-0.4, -0.2) is 31.4 Å². The monoisotopic (exact) mass is 219 g/mol. The standard InChI is InChI=1S/C9H17NO3.2CH4/c1-4-13-9(12)6-5-8(10-3)7(2)11;;/h8,10H,4-6H2,1-3H3;2*1H4. The van der Waals surface area contributed by atoms with Crippen LogP contribution in [0.25, 0.3) is 0 Å². The molecule has 15 heavy (non-hydrogen) atoms. The number of nitrogens with one attached hydrogen (secondary N) is 1. The molecule has 0 fully saturated rings. The smallest absolute Gasteiger partial charge is 0.305 e. The predicted octanol–water partition coefficient (Wildman–Crippen LogP) is 1.78. The van der Waals surface area contributed by atoms with Crippen molar-refractivity contribution >= 4 is 11.8 Å². The summed E-state index contributed by atoms with van der Waals surface area (Å²) in [4.78, 5) is 21.9. The van der Waals surface area contributed by atoms with Crippen LogP contribution in [0.2, 0.25) is 0 Å². The zero-order valence-electron chi connectivity index (χ0n) is 8.42. The van der Waals surface area contributed by atoms with Gasteiger partial charge in [0.1, 0.15) is 5.78 Å². The third-order valence-corrected chi connectivity index (χ3v) is 1.78. The summed E-state index contributed by atoms with van der Waals surface area (Å²) >= 11 is 0. The summed E-state index contributed by atoms with van der Waals surface area (Å²) in [5.41, 5.74) is 0. The molecule has 0 saturated heterocycles. The minimum atomic E-state index is -0.246. The van der Waals surface area contributed by atoms with Gasteiger partial charge in [0, 0.05) is 6.42 Å². The maximum Gasteiger partial charge on any atom is 0.305 e. The molecule has 0 amide bonds. The SMILES string of the molecule is C.C.CCOC(=O)CCC(NC)C(C)=O. The summed E-state index contributed by atoms with van der Waals surface area (Å²) in [7, 11) is 1.71. The lowest BCUT2D eigenvalue weighted by Gasteiger charge is -2.11. The number of hydrogen-bond donors (Lipinski definition) is 1. The third-order valence-electron chi connectivity index (χ3n) is 1.78. The van der Waals surface area contributed by atoms with Crippen LogP contribution in [0.5, 0.6) is 0 Å². The number of likely N-dealkylation sites (N-methyl/N-ethyl adjacent to an activating group) is 1. The molecule has 92 valence electrons. The van der Waals surface area contributed by atoms with Crippen LogP contribution < -0.4 is 5.32 Å². The van der Waals surface area contributed by atoms with Gasteiger partial charge in [-0.1, -0.05) is 14.9 Å². The van der Waals surface area contributed by atoms with E-state index >= 15 is 0 Å². The van der Waals surface area contributed by atoms with E-state index in [-0.39, 0.29) is 32.6 Å². The molecular formula is C11H25NO3. The summed E-state index contributed by atoms with van der Waals surface area (Å²) in [6.45, 7) is 3.66. The molecule has 1 unspecified atom stereocenters. The number of esters is 1. The molecule has 0 aromatic carbocycles. The van der Waals surface area contributed by atoms with E-state index in [1.807, 2.05) is 0 Å². The molecule has 0 saturated carbocycles. The molecule has 4 heteroatoms. The van der Waals surface area contributed by atoms with Crippen LogP contribution in [0, 0.1) is 0 Å². The molecule has 0 aromatic heterocycles. The summed E-state index contributed by atoms with van der Waals surface area (Å²) < 4.78 is 4.74. The normalized spacial score (nSPS) is 10.6. The number of Topliss-reactive ketones (excluding diaryl/α,β-unsaturated/α-hetero) is 1. The van der Waals surface area contributed by atoms with E-state index in [1.165, 1.54) is 6.92 Å². The van der Waals surface area contributed by atoms with Gasteiger partial charge in [-0.3, -0.25) is 9.59 Å². The Morgan fingerprint density at radius 3 is 2.20 bits per heavy atom. The first kappa shape index (κ1) is 19.6. The Hall–Kier alpha value is -0.900. The highest BCUT2D eigenvalue weighted by Gasteiger charge is 2.13. The van der Waals surface area contributed by atoms with E-state index in [9.17, 15) is 9.59 Å². The van der Waals surface area contributed by atoms with Gasteiger partial charge < -0.3 is 10.1 Å². The molecular weight excluding hydrogens is 194 g/mol. The minimum absolute atomic E-state index is 0. The van der Waals surface area contributed by atoms with Crippen LogP contribution in [0.4, 0.5) is 0 Å². The first-order valence-electron chi connectivity index (χ1n) is 4.45. The molecule has 1 N–H and O–H groups in total. The van der Waals surface area contributed by atoms with Crippen molar-refractivity contribution in [3.8, 4) is 0 Å². The maximum absolute atomic E-state index is 10.9. The van der Waals surface area contributed by atoms with Crippen LogP contribution in [-0.2, 0) is 14.3 Å². The highest BCUT2D eigenvalue weighted by Crippen LogP contribution is 1.99. The van der Waals surface area contributed by atoms with Crippen molar-refractivity contribution in [1.82, 2.24) is 5.32 Å². The van der Waals surface area contributed by atoms with Gasteiger partial charge in [-0.25, -0.2) is 0 Å². The van der Waals surface area contributed by atoms with Crippen molar-refractivity contribution in [3.05, 3.63) is 0 Å². The van der Waals surface area contributed by atoms with Gasteiger partial charge in [0.05, 0.1) is 12.6 Å². The topological polar surface area (TPSA) is 55.4 Å². The highest BCUT2D eigenvalue weighted by molar-refractivity contribution is 5.82. The molecule has 0 heterocycles. The van der Waals surface area contributed by atoms with Crippen molar-refractivity contribution in [2.75, 3.05) is 13.7 Å². The van der Waals surface area contributed by atoms with E-state index < -0.39 is 0 Å². The fraction of sp³-hybridized carbons (Fsp3) is 0.818. The second-order valence-electron chi connectivity index (χ2n) is 2.80. The molecule has 0 aliphatic carbocycles. The van der Waals surface area contributed by atoms with Gasteiger partial charge >= 0.3 is 5.97 Å². The third kappa shape index (κ3) is 9.41. The number of ketones is 1. The summed E-state index contributed by atoms with van der Waals surface area (Å²) in [5.74, 6) is -0.198. The Kier molecular flexibility index (Phi) is 14.6. The van der Waals surface area contributed by atoms with Crippen LogP contribution >= 0.6 is 0 Å². The fourth-order valence-electron chi connectivity index (χ4n) is 1.05. The lowest BCUT2D eigenvalue weighted by Crippen LogP contribution is -2.32. The minimum Gasteiger partial charge on any atom is -0.466 e. The van der Waals surface area contributed by atoms with Crippen molar-refractivity contribution in [2.45, 2.75) is 47.6 Å². The zero-order chi connectivity index (χ0) is 10.3. The molecule has 4 nitrogen and oxygen atoms in total. The van der Waals surface area contributed by atoms with E-state index in [2.05, 4.69) is 5.32 Å². The van der Waals surface area contributed by atoms with Gasteiger partial charge in [-0.2, -0.15) is 0 Å². The zero-order valence-corrected chi connectivity index (χ0v) is 8.42. The second kappa shape index (κ2) is 11.2. The summed E-state index contributed by atoms with van der Waals surface area (Å²) in [6.07, 6.45) is 0.795. The predicted molar refractivity (Wildman–Crippen MR) is 62.9 cm³/mol. The van der Waals surface area contributed by atoms with Gasteiger partial charge in [-0.05, 0) is 27.3 Å². The molecule has 0 rings (SSSR count). The molecule has 0 aliphatic rings. The van der Waals surface area contributed by atoms with Gasteiger partial charge in [0.2, 0.25) is 0 Å². The molecule has 1 atom stereocenters. The average Bonchev–Trinajstić information content (AvgIpc) is 2.05. The second-order valence-corrected chi connectivity index (χ2v) is 2.80. The largest absolute Gasteiger partial charge is 0.466 e. The maximum atomic E-state index is 10.9. The number of ether oxygens (including phenoxy) is 1. The van der Waals surface area contributed by atoms with Crippen LogP contribution in [0.15, 0.2) is 0 Å². The molecule has 0 spiro atoms. The first-order valence-corrected chi connectivity index (χ1v) is 4.45. The van der Waals surface area contributed by atoms with Gasteiger partial charge in [0.15, 0.2) is 0 Å². The Morgan fingerprint density at radius 2 is 1.87 bits per heavy atom. The Balaban J connectivity index is -0.000000720. The number of rotatable bonds is 6. The lowest BCUT2D eigenvalue weighted by molar-refractivity contribution is -0.143. The van der Waals surface area contributed by atoms with Crippen molar-refractivity contribution in [3.63, 3.8) is 0 Å². The fourth-order valence-corrected chi connectivity index (χ4v) is 1.05. The summed E-state index contributed by atoms with van der Waals surface area (Å²) in [6, 6.07) is -0.232. The van der Waals surface area contributed by atoms with Gasteiger partial charge in [0.25, 0.3) is 0 Å². The molecule has 0 bridgehead atoms. The van der Waals surface area contributed by atoms with Crippen LogP contribution in [0.1, 0.15) is 41.5 Å².